The van der Waals surface area contributed by atoms with Crippen LogP contribution in [0.5, 0.6) is 5.75 Å². The molecule has 0 spiro atoms. The van der Waals surface area contributed by atoms with Crippen LogP contribution in [0, 0.1) is 0 Å². The average molecular weight is 279 g/mol. The number of anilines is 1. The van der Waals surface area contributed by atoms with Crippen molar-refractivity contribution in [1.29, 1.82) is 0 Å². The largest absolute Gasteiger partial charge is 0.417 e. The number of hydrogen-bond donors (Lipinski definition) is 1. The van der Waals surface area contributed by atoms with E-state index < -0.39 is 6.09 Å². The predicted molar refractivity (Wildman–Crippen MR) is 79.7 cm³/mol. The summed E-state index contributed by atoms with van der Waals surface area (Å²) < 4.78 is 7.03. The first kappa shape index (κ1) is 12.9. The molecular weight excluding hydrogens is 266 g/mol. The van der Waals surface area contributed by atoms with Crippen LogP contribution in [0.1, 0.15) is 0 Å². The summed E-state index contributed by atoms with van der Waals surface area (Å²) in [6, 6.07) is 16.3. The van der Waals surface area contributed by atoms with Crippen LogP contribution >= 0.6 is 0 Å². The SMILES string of the molecule is O=C(Nc1cccc(-n2ccnc2)c1)Oc1ccccc1. The van der Waals surface area contributed by atoms with Gasteiger partial charge in [0.1, 0.15) is 5.75 Å². The average Bonchev–Trinajstić information content (AvgIpc) is 3.02. The van der Waals surface area contributed by atoms with Gasteiger partial charge in [-0.25, -0.2) is 9.78 Å². The zero-order valence-electron chi connectivity index (χ0n) is 11.1. The highest BCUT2D eigenvalue weighted by Gasteiger charge is 2.05. The van der Waals surface area contributed by atoms with Gasteiger partial charge >= 0.3 is 6.09 Å². The van der Waals surface area contributed by atoms with Gasteiger partial charge in [0.15, 0.2) is 0 Å². The van der Waals surface area contributed by atoms with Crippen molar-refractivity contribution >= 4 is 11.8 Å². The molecule has 0 saturated heterocycles. The molecule has 3 aromatic rings. The van der Waals surface area contributed by atoms with Gasteiger partial charge in [-0.05, 0) is 30.3 Å². The molecule has 0 radical (unpaired) electrons. The third-order valence-electron chi connectivity index (χ3n) is 2.85. The molecule has 0 aliphatic heterocycles. The van der Waals surface area contributed by atoms with Gasteiger partial charge in [-0.3, -0.25) is 5.32 Å². The number of carbonyl (C=O) groups excluding carboxylic acids is 1. The van der Waals surface area contributed by atoms with Crippen LogP contribution in [0.2, 0.25) is 0 Å². The number of para-hydroxylation sites is 1. The number of amides is 1. The maximum absolute atomic E-state index is 11.8. The van der Waals surface area contributed by atoms with E-state index >= 15 is 0 Å². The number of benzene rings is 2. The number of hydrogen-bond acceptors (Lipinski definition) is 3. The minimum absolute atomic E-state index is 0.501. The highest BCUT2D eigenvalue weighted by Crippen LogP contribution is 2.15. The highest BCUT2D eigenvalue weighted by atomic mass is 16.6. The van der Waals surface area contributed by atoms with E-state index in [9.17, 15) is 4.79 Å². The van der Waals surface area contributed by atoms with Crippen molar-refractivity contribution in [2.75, 3.05) is 5.32 Å². The number of imidazole rings is 1. The molecule has 0 aliphatic rings. The van der Waals surface area contributed by atoms with Crippen LogP contribution < -0.4 is 10.1 Å². The van der Waals surface area contributed by atoms with Gasteiger partial charge in [0.2, 0.25) is 0 Å². The third kappa shape index (κ3) is 3.27. The van der Waals surface area contributed by atoms with Crippen molar-refractivity contribution < 1.29 is 9.53 Å². The molecule has 5 heteroatoms. The maximum atomic E-state index is 11.8. The smallest absolute Gasteiger partial charge is 0.410 e. The minimum Gasteiger partial charge on any atom is -0.410 e. The minimum atomic E-state index is -0.524. The molecule has 1 aromatic heterocycles. The monoisotopic (exact) mass is 279 g/mol. The van der Waals surface area contributed by atoms with Gasteiger partial charge in [0.25, 0.3) is 0 Å². The van der Waals surface area contributed by atoms with Crippen LogP contribution in [0.3, 0.4) is 0 Å². The lowest BCUT2D eigenvalue weighted by Crippen LogP contribution is -2.16. The number of nitrogens with one attached hydrogen (secondary N) is 1. The molecule has 0 bridgehead atoms. The van der Waals surface area contributed by atoms with E-state index in [0.29, 0.717) is 11.4 Å². The first-order valence-corrected chi connectivity index (χ1v) is 6.43. The van der Waals surface area contributed by atoms with Crippen LogP contribution in [0.4, 0.5) is 10.5 Å². The van der Waals surface area contributed by atoms with Crippen molar-refractivity contribution in [3.63, 3.8) is 0 Å². The fourth-order valence-corrected chi connectivity index (χ4v) is 1.90. The topological polar surface area (TPSA) is 56.2 Å². The lowest BCUT2D eigenvalue weighted by atomic mass is 10.3. The second-order valence-corrected chi connectivity index (χ2v) is 4.35. The van der Waals surface area contributed by atoms with Crippen LogP contribution in [-0.4, -0.2) is 15.6 Å². The quantitative estimate of drug-likeness (QED) is 0.798. The summed E-state index contributed by atoms with van der Waals surface area (Å²) >= 11 is 0. The number of nitrogens with zero attached hydrogens (tertiary/aromatic N) is 2. The maximum Gasteiger partial charge on any atom is 0.417 e. The summed E-state index contributed by atoms with van der Waals surface area (Å²) in [5.41, 5.74) is 1.56. The summed E-state index contributed by atoms with van der Waals surface area (Å²) in [4.78, 5) is 15.8. The van der Waals surface area contributed by atoms with Crippen molar-refractivity contribution in [1.82, 2.24) is 9.55 Å². The van der Waals surface area contributed by atoms with E-state index in [1.165, 1.54) is 0 Å². The van der Waals surface area contributed by atoms with Gasteiger partial charge in [-0.2, -0.15) is 0 Å². The molecule has 2 aromatic carbocycles. The Labute approximate surface area is 121 Å². The number of carbonyl (C=O) groups is 1. The zero-order valence-corrected chi connectivity index (χ0v) is 11.1. The first-order valence-electron chi connectivity index (χ1n) is 6.43. The second kappa shape index (κ2) is 5.92. The molecule has 0 fully saturated rings. The molecule has 1 N–H and O–H groups in total. The zero-order chi connectivity index (χ0) is 14.5. The Balaban J connectivity index is 1.70. The van der Waals surface area contributed by atoms with Crippen molar-refractivity contribution in [3.05, 3.63) is 73.3 Å². The summed E-state index contributed by atoms with van der Waals surface area (Å²) in [6.07, 6.45) is 4.70. The summed E-state index contributed by atoms with van der Waals surface area (Å²) in [5, 5.41) is 2.70. The molecule has 0 atom stereocenters. The number of ether oxygens (including phenoxy) is 1. The molecule has 0 unspecified atom stereocenters. The predicted octanol–water partition coefficient (Wildman–Crippen LogP) is 3.48. The van der Waals surface area contributed by atoms with Crippen LogP contribution in [0.25, 0.3) is 5.69 Å². The summed E-state index contributed by atoms with van der Waals surface area (Å²) in [6.45, 7) is 0. The normalized spacial score (nSPS) is 10.1. The molecular formula is C16H13N3O2. The Bertz CT molecular complexity index is 724. The van der Waals surface area contributed by atoms with Gasteiger partial charge in [-0.1, -0.05) is 24.3 Å². The molecule has 1 heterocycles. The van der Waals surface area contributed by atoms with E-state index in [1.54, 1.807) is 30.7 Å². The molecule has 0 aliphatic carbocycles. The number of aromatic nitrogens is 2. The fraction of sp³-hybridized carbons (Fsp3) is 0. The first-order chi connectivity index (χ1) is 10.3. The highest BCUT2D eigenvalue weighted by molar-refractivity contribution is 5.86. The van der Waals surface area contributed by atoms with Gasteiger partial charge in [0, 0.05) is 23.8 Å². The lowest BCUT2D eigenvalue weighted by Gasteiger charge is -2.08. The van der Waals surface area contributed by atoms with E-state index in [4.69, 9.17) is 4.74 Å². The van der Waals surface area contributed by atoms with Crippen molar-refractivity contribution in [3.8, 4) is 11.4 Å². The molecule has 104 valence electrons. The van der Waals surface area contributed by atoms with Crippen molar-refractivity contribution in [2.24, 2.45) is 0 Å². The standard InChI is InChI=1S/C16H13N3O2/c20-16(21-15-7-2-1-3-8-15)18-13-5-4-6-14(11-13)19-10-9-17-12-19/h1-12H,(H,18,20). The molecule has 1 amide bonds. The summed E-state index contributed by atoms with van der Waals surface area (Å²) in [5.74, 6) is 0.501. The van der Waals surface area contributed by atoms with E-state index in [0.717, 1.165) is 5.69 Å². The van der Waals surface area contributed by atoms with E-state index in [1.807, 2.05) is 47.2 Å². The lowest BCUT2D eigenvalue weighted by molar-refractivity contribution is 0.215. The Morgan fingerprint density at radius 1 is 1.10 bits per heavy atom. The molecule has 0 saturated carbocycles. The Morgan fingerprint density at radius 3 is 2.71 bits per heavy atom. The molecule has 21 heavy (non-hydrogen) atoms. The van der Waals surface area contributed by atoms with E-state index in [2.05, 4.69) is 10.3 Å². The third-order valence-corrected chi connectivity index (χ3v) is 2.85. The van der Waals surface area contributed by atoms with Gasteiger partial charge in [-0.15, -0.1) is 0 Å². The molecule has 5 nitrogen and oxygen atoms in total. The van der Waals surface area contributed by atoms with E-state index in [-0.39, 0.29) is 0 Å². The summed E-state index contributed by atoms with van der Waals surface area (Å²) in [7, 11) is 0. The molecule has 3 rings (SSSR count). The fourth-order valence-electron chi connectivity index (χ4n) is 1.90. The van der Waals surface area contributed by atoms with Gasteiger partial charge < -0.3 is 9.30 Å². The van der Waals surface area contributed by atoms with Crippen LogP contribution in [0.15, 0.2) is 73.3 Å². The van der Waals surface area contributed by atoms with Crippen molar-refractivity contribution in [2.45, 2.75) is 0 Å². The Hall–Kier alpha value is -3.08. The Kier molecular flexibility index (Phi) is 3.64. The van der Waals surface area contributed by atoms with Gasteiger partial charge in [0.05, 0.1) is 6.33 Å². The number of rotatable bonds is 3. The Morgan fingerprint density at radius 2 is 1.95 bits per heavy atom. The van der Waals surface area contributed by atoms with Crippen LogP contribution in [-0.2, 0) is 0 Å². The second-order valence-electron chi connectivity index (χ2n) is 4.35.